The molecule has 7 aromatic heterocycles. The zero-order valence-electron chi connectivity index (χ0n) is 86.8. The van der Waals surface area contributed by atoms with Crippen molar-refractivity contribution in [1.82, 2.24) is 106 Å². The minimum Gasteiger partial charge on any atom is -0.481 e. The third-order valence-corrected chi connectivity index (χ3v) is 28.8. The Hall–Kier alpha value is -9.12. The summed E-state index contributed by atoms with van der Waals surface area (Å²) in [7, 11) is 1.56. The molecule has 770 valence electrons. The zero-order valence-corrected chi connectivity index (χ0v) is 89.8. The van der Waals surface area contributed by atoms with Crippen molar-refractivity contribution in [2.45, 2.75) is 310 Å². The van der Waals surface area contributed by atoms with E-state index >= 15 is 0 Å². The van der Waals surface area contributed by atoms with Gasteiger partial charge in [-0.05, 0) is 302 Å². The van der Waals surface area contributed by atoms with Crippen LogP contribution in [0.1, 0.15) is 303 Å². The summed E-state index contributed by atoms with van der Waals surface area (Å²) in [6.07, 6.45) is 21.7. The molecule has 29 nitrogen and oxygen atoms in total. The van der Waals surface area contributed by atoms with Gasteiger partial charge in [0.25, 0.3) is 41.4 Å². The average Bonchev–Trinajstić information content (AvgIpc) is 1.65. The van der Waals surface area contributed by atoms with Crippen LogP contribution in [-0.2, 0) is 0 Å². The number of nitrogens with one attached hydrogen (secondary N) is 7. The van der Waals surface area contributed by atoms with Gasteiger partial charge in [-0.1, -0.05) is 52.5 Å². The van der Waals surface area contributed by atoms with Gasteiger partial charge in [0, 0.05) is 210 Å². The number of aromatic nitrogens is 7. The van der Waals surface area contributed by atoms with Crippen molar-refractivity contribution in [3.8, 4) is 5.88 Å². The third kappa shape index (κ3) is 36.0. The maximum Gasteiger partial charge on any atom is 0.273 e. The Morgan fingerprint density at radius 2 is 0.700 bits per heavy atom. The fraction of sp³-hybridized carbons (Fsp3) is 0.600. The van der Waals surface area contributed by atoms with E-state index in [4.69, 9.17) is 51.1 Å². The van der Waals surface area contributed by atoms with Gasteiger partial charge < -0.3 is 66.5 Å². The zero-order chi connectivity index (χ0) is 103. The Balaban J connectivity index is 0.000000200. The molecule has 7 aliphatic heterocycles. The van der Waals surface area contributed by atoms with Crippen LogP contribution >= 0.6 is 46.4 Å². The second-order valence-electron chi connectivity index (χ2n) is 42.8. The standard InChI is InChI=1S/C16H25N3O2.C15H21ClFN3O.3C15H22ClN3O.C15H23N3O.C14H20FN3O/c1-12(2)19-9-7-16(3,8-10-19)18-15(20)13-5-6-14(21-4)17-11-13;1-10(2)20-6-4-15(3,5-7-20)19-14(21)13-12(16)8-11(17)9-18-13;1-14(2,3)19-9-7-15(4,10-19)18-13(20)12-11(16)6-5-8-17-12;2*1-11(2)19-9-6-15(3,7-10-19)18-14(20)13-12(16)5-4-8-17-13;1-12(2)18-10-7-15(3,8-11-18)17-14(19)13-6-4-5-9-16-13;1-14(2,3)18-8-6-10(9-18)17-13(19)12-11(15)5-4-7-16-12/h5-6,11-12H,7-10H2,1-4H3,(H,18,20);8-10H,4-7H2,1-3H3,(H,19,21);5-6,8H,7,9-10H2,1-4H3,(H,18,20);2*4-5,8,11H,6-7,9-10H2,1-3H3,(H,18,20);4-6,9,12H,7-8,10-11H2,1-3H3,(H,17,19);4-5,7,10H,6,8-9H2,1-3H3,(H,17,19). The minimum atomic E-state index is -0.578. The number of nitrogens with zero attached hydrogens (tertiary/aromatic N) is 14. The van der Waals surface area contributed by atoms with E-state index in [1.807, 2.05) is 19.1 Å². The normalized spacial score (nSPS) is 19.9. The van der Waals surface area contributed by atoms with Crippen molar-refractivity contribution in [3.63, 3.8) is 0 Å². The van der Waals surface area contributed by atoms with Gasteiger partial charge in [0.05, 0.1) is 44.5 Å². The quantitative estimate of drug-likeness (QED) is 0.0373. The van der Waals surface area contributed by atoms with Gasteiger partial charge in [0.1, 0.15) is 34.3 Å². The molecule has 0 saturated carbocycles. The summed E-state index contributed by atoms with van der Waals surface area (Å²) in [6, 6.07) is 25.7. The van der Waals surface area contributed by atoms with E-state index in [2.05, 4.69) is 252 Å². The van der Waals surface area contributed by atoms with Crippen molar-refractivity contribution in [2.75, 3.05) is 98.7 Å². The van der Waals surface area contributed by atoms with Crippen LogP contribution in [0.5, 0.6) is 5.88 Å². The number of pyridine rings is 7. The summed E-state index contributed by atoms with van der Waals surface area (Å²) in [4.78, 5) is 130. The lowest BCUT2D eigenvalue weighted by Gasteiger charge is -2.41. The molecule has 0 spiro atoms. The molecule has 0 radical (unpaired) electrons. The van der Waals surface area contributed by atoms with Gasteiger partial charge in [-0.2, -0.15) is 0 Å². The number of likely N-dealkylation sites (tertiary alicyclic amines) is 7. The Kier molecular flexibility index (Phi) is 43.5. The van der Waals surface area contributed by atoms with E-state index < -0.39 is 17.5 Å². The first-order valence-corrected chi connectivity index (χ1v) is 50.8. The van der Waals surface area contributed by atoms with E-state index in [9.17, 15) is 42.3 Å². The summed E-state index contributed by atoms with van der Waals surface area (Å²) < 4.78 is 31.4. The lowest BCUT2D eigenvalue weighted by molar-refractivity contribution is 0.0787. The molecule has 7 saturated heterocycles. The second-order valence-corrected chi connectivity index (χ2v) is 44.4. The molecule has 0 aromatic carbocycles. The number of carbonyl (C=O) groups excluding carboxylic acids is 7. The van der Waals surface area contributed by atoms with E-state index in [0.717, 1.165) is 181 Å². The highest BCUT2D eigenvalue weighted by molar-refractivity contribution is 6.34. The van der Waals surface area contributed by atoms with Crippen molar-refractivity contribution in [3.05, 3.63) is 200 Å². The minimum absolute atomic E-state index is 0.0377. The Labute approximate surface area is 850 Å². The van der Waals surface area contributed by atoms with Gasteiger partial charge >= 0.3 is 0 Å². The van der Waals surface area contributed by atoms with Gasteiger partial charge in [0.15, 0.2) is 11.5 Å². The summed E-state index contributed by atoms with van der Waals surface area (Å²) >= 11 is 23.9. The summed E-state index contributed by atoms with van der Waals surface area (Å²) in [5, 5.41) is 22.7. The largest absolute Gasteiger partial charge is 0.481 e. The molecular formula is C105H155Cl4F2N21O8. The van der Waals surface area contributed by atoms with Gasteiger partial charge in [-0.15, -0.1) is 0 Å². The van der Waals surface area contributed by atoms with Crippen molar-refractivity contribution >= 4 is 87.8 Å². The van der Waals surface area contributed by atoms with E-state index in [1.54, 1.807) is 92.7 Å². The van der Waals surface area contributed by atoms with Crippen LogP contribution < -0.4 is 42.0 Å². The smallest absolute Gasteiger partial charge is 0.273 e. The fourth-order valence-corrected chi connectivity index (χ4v) is 18.5. The lowest BCUT2D eigenvalue weighted by Crippen LogP contribution is -2.54. The predicted octanol–water partition coefficient (Wildman–Crippen LogP) is 17.0. The van der Waals surface area contributed by atoms with Gasteiger partial charge in [-0.3, -0.25) is 48.3 Å². The highest BCUT2D eigenvalue weighted by atomic mass is 35.5. The molecular weight excluding hydrogens is 1860 g/mol. The Bertz CT molecular complexity index is 5060. The van der Waals surface area contributed by atoms with E-state index in [0.29, 0.717) is 79.5 Å². The maximum absolute atomic E-state index is 13.4. The Morgan fingerprint density at radius 3 is 1.01 bits per heavy atom. The summed E-state index contributed by atoms with van der Waals surface area (Å²) in [5.41, 5.74) is 1.02. The molecule has 0 bridgehead atoms. The summed E-state index contributed by atoms with van der Waals surface area (Å²) in [6.45, 7) is 61.2. The number of rotatable bonds is 20. The average molecular weight is 2020 g/mol. The number of carbonyl (C=O) groups is 7. The number of piperidine rings is 5. The molecule has 7 fully saturated rings. The second kappa shape index (κ2) is 52.4. The first kappa shape index (κ1) is 116. The molecule has 7 amide bonds. The van der Waals surface area contributed by atoms with Gasteiger partial charge in [0.2, 0.25) is 5.88 Å². The van der Waals surface area contributed by atoms with Crippen LogP contribution in [-0.4, -0.2) is 290 Å². The van der Waals surface area contributed by atoms with Crippen molar-refractivity contribution < 1.29 is 47.1 Å². The number of amides is 7. The van der Waals surface area contributed by atoms with Crippen LogP contribution in [0.2, 0.25) is 20.1 Å². The molecule has 2 unspecified atom stereocenters. The Morgan fingerprint density at radius 1 is 0.364 bits per heavy atom. The number of hydrogen-bond donors (Lipinski definition) is 7. The fourth-order valence-electron chi connectivity index (χ4n) is 17.6. The van der Waals surface area contributed by atoms with Crippen LogP contribution in [0.4, 0.5) is 8.78 Å². The molecule has 140 heavy (non-hydrogen) atoms. The predicted molar refractivity (Wildman–Crippen MR) is 554 cm³/mol. The molecule has 7 aliphatic rings. The van der Waals surface area contributed by atoms with Crippen LogP contribution in [0.25, 0.3) is 0 Å². The number of ether oxygens (including phenoxy) is 1. The molecule has 2 atom stereocenters. The molecule has 14 rings (SSSR count). The number of halogens is 6. The van der Waals surface area contributed by atoms with E-state index in [1.165, 1.54) is 18.3 Å². The molecule has 14 heterocycles. The third-order valence-electron chi connectivity index (χ3n) is 27.6. The van der Waals surface area contributed by atoms with Crippen LogP contribution in [0, 0.1) is 11.6 Å². The monoisotopic (exact) mass is 2020 g/mol. The maximum atomic E-state index is 13.4. The molecule has 35 heteroatoms. The van der Waals surface area contributed by atoms with Crippen LogP contribution in [0.3, 0.4) is 0 Å². The first-order chi connectivity index (χ1) is 65.6. The van der Waals surface area contributed by atoms with E-state index in [-0.39, 0.29) is 102 Å². The molecule has 7 aromatic rings. The topological polar surface area (TPSA) is 326 Å². The SMILES string of the molecule is CC(C)(C)N1CCC(NC(=O)c2ncccc2F)C1.CC(C)N1CCC(C)(NC(=O)c2ccccn2)CC1.CC(C)N1CCC(C)(NC(=O)c2ncc(F)cc2Cl)CC1.CC(C)N1CCC(C)(NC(=O)c2ncccc2Cl)CC1.CC(C)N1CCC(C)(NC(=O)c2ncccc2Cl)CC1.CC1(NC(=O)c2ncccc2Cl)CCN(C(C)(C)C)C1.COc1ccc(C(=O)NC2(C)CCN(C(C)C)CC2)cn1. The highest BCUT2D eigenvalue weighted by Gasteiger charge is 2.43. The summed E-state index contributed by atoms with van der Waals surface area (Å²) in [5.74, 6) is -2.09. The highest BCUT2D eigenvalue weighted by Crippen LogP contribution is 2.33. The van der Waals surface area contributed by atoms with Crippen LogP contribution in [0.15, 0.2) is 128 Å². The molecule has 0 aliphatic carbocycles. The number of hydrogen-bond acceptors (Lipinski definition) is 22. The van der Waals surface area contributed by atoms with Gasteiger partial charge in [-0.25, -0.2) is 38.7 Å². The molecule has 7 N–H and O–H groups in total. The first-order valence-electron chi connectivity index (χ1n) is 49.3. The van der Waals surface area contributed by atoms with Crippen molar-refractivity contribution in [2.24, 2.45) is 0 Å². The lowest BCUT2D eigenvalue weighted by atomic mass is 9.88. The number of methoxy groups -OCH3 is 1. The van der Waals surface area contributed by atoms with Crippen molar-refractivity contribution in [1.29, 1.82) is 0 Å².